The van der Waals surface area contributed by atoms with Gasteiger partial charge in [0.15, 0.2) is 11.5 Å². The quantitative estimate of drug-likeness (QED) is 0.881. The van der Waals surface area contributed by atoms with E-state index in [0.29, 0.717) is 12.0 Å². The number of nitrogens with one attached hydrogen (secondary N) is 1. The monoisotopic (exact) mass is 332 g/mol. The normalized spacial score (nSPS) is 16.6. The van der Waals surface area contributed by atoms with E-state index in [1.54, 1.807) is 0 Å². The van der Waals surface area contributed by atoms with Gasteiger partial charge < -0.3 is 20.1 Å². The minimum Gasteiger partial charge on any atom is -0.504 e. The number of phenols is 1. The molecule has 0 spiro atoms. The van der Waals surface area contributed by atoms with Gasteiger partial charge in [0.05, 0.1) is 11.6 Å². The van der Waals surface area contributed by atoms with Gasteiger partial charge >= 0.3 is 0 Å². The van der Waals surface area contributed by atoms with Crippen LogP contribution in [0.2, 0.25) is 0 Å². The second-order valence-corrected chi connectivity index (χ2v) is 5.40. The molecular formula is C13H18BrFN2O2. The summed E-state index contributed by atoms with van der Waals surface area (Å²) in [6.45, 7) is 4.60. The molecule has 1 saturated heterocycles. The number of phenolic OH excluding ortho intramolecular Hbond substituents is 1. The zero-order valence-corrected chi connectivity index (χ0v) is 12.5. The third-order valence-corrected chi connectivity index (χ3v) is 3.91. The maximum atomic E-state index is 14.1. The summed E-state index contributed by atoms with van der Waals surface area (Å²) in [5.74, 6) is -0.160. The number of rotatable bonds is 4. The van der Waals surface area contributed by atoms with Crippen LogP contribution in [-0.2, 0) is 6.42 Å². The minimum atomic E-state index is -0.357. The van der Waals surface area contributed by atoms with Crippen molar-refractivity contribution in [3.05, 3.63) is 21.9 Å². The Morgan fingerprint density at radius 2 is 2.16 bits per heavy atom. The molecule has 0 radical (unpaired) electrons. The zero-order valence-electron chi connectivity index (χ0n) is 10.9. The summed E-state index contributed by atoms with van der Waals surface area (Å²) in [4.78, 5) is 2.27. The molecule has 0 bridgehead atoms. The number of nitrogens with zero attached hydrogens (tertiary/aromatic N) is 1. The van der Waals surface area contributed by atoms with Gasteiger partial charge in [-0.3, -0.25) is 0 Å². The third kappa shape index (κ3) is 3.38. The van der Waals surface area contributed by atoms with Gasteiger partial charge in [-0.05, 0) is 22.4 Å². The fourth-order valence-electron chi connectivity index (χ4n) is 2.30. The number of methoxy groups -OCH3 is 1. The summed E-state index contributed by atoms with van der Waals surface area (Å²) >= 11 is 3.11. The molecule has 0 aliphatic carbocycles. The topological polar surface area (TPSA) is 44.7 Å². The predicted molar refractivity (Wildman–Crippen MR) is 75.3 cm³/mol. The van der Waals surface area contributed by atoms with E-state index in [2.05, 4.69) is 26.1 Å². The lowest BCUT2D eigenvalue weighted by Crippen LogP contribution is -2.44. The molecule has 1 fully saturated rings. The summed E-state index contributed by atoms with van der Waals surface area (Å²) in [6, 6.07) is 1.32. The Morgan fingerprint density at radius 3 is 2.79 bits per heavy atom. The Morgan fingerprint density at radius 1 is 1.47 bits per heavy atom. The van der Waals surface area contributed by atoms with Crippen molar-refractivity contribution in [3.8, 4) is 11.5 Å². The standard InChI is InChI=1S/C13H18BrFN2O2/c1-19-13-9(12(15)10(14)8-11(13)18)2-5-17-6-3-16-4-7-17/h8,16,18H,2-7H2,1H3. The molecule has 106 valence electrons. The highest BCUT2D eigenvalue weighted by atomic mass is 79.9. The molecule has 1 aliphatic rings. The van der Waals surface area contributed by atoms with Gasteiger partial charge in [0.25, 0.3) is 0 Å². The van der Waals surface area contributed by atoms with Gasteiger partial charge in [0.2, 0.25) is 0 Å². The molecule has 0 unspecified atom stereocenters. The SMILES string of the molecule is COc1c(O)cc(Br)c(F)c1CCN1CCNCC1. The van der Waals surface area contributed by atoms with Gasteiger partial charge in [-0.25, -0.2) is 4.39 Å². The van der Waals surface area contributed by atoms with Crippen molar-refractivity contribution in [1.82, 2.24) is 10.2 Å². The molecule has 2 N–H and O–H groups in total. The third-order valence-electron chi connectivity index (χ3n) is 3.34. The number of piperazine rings is 1. The number of benzene rings is 1. The van der Waals surface area contributed by atoms with E-state index in [-0.39, 0.29) is 21.8 Å². The highest BCUT2D eigenvalue weighted by Crippen LogP contribution is 2.36. The summed E-state index contributed by atoms with van der Waals surface area (Å²) in [7, 11) is 1.44. The highest BCUT2D eigenvalue weighted by molar-refractivity contribution is 9.10. The van der Waals surface area contributed by atoms with Gasteiger partial charge in [-0.15, -0.1) is 0 Å². The molecular weight excluding hydrogens is 315 g/mol. The second-order valence-electron chi connectivity index (χ2n) is 4.54. The van der Waals surface area contributed by atoms with Crippen LogP contribution in [0.4, 0.5) is 4.39 Å². The smallest absolute Gasteiger partial charge is 0.166 e. The van der Waals surface area contributed by atoms with Crippen LogP contribution in [0, 0.1) is 5.82 Å². The number of ether oxygens (including phenoxy) is 1. The number of hydrogen-bond donors (Lipinski definition) is 2. The van der Waals surface area contributed by atoms with Crippen LogP contribution in [-0.4, -0.2) is 49.8 Å². The van der Waals surface area contributed by atoms with Crippen molar-refractivity contribution in [2.24, 2.45) is 0 Å². The Bertz CT molecular complexity index is 451. The fourth-order valence-corrected chi connectivity index (χ4v) is 2.76. The van der Waals surface area contributed by atoms with Crippen molar-refractivity contribution in [2.45, 2.75) is 6.42 Å². The van der Waals surface area contributed by atoms with Crippen molar-refractivity contribution in [1.29, 1.82) is 0 Å². The molecule has 1 aromatic carbocycles. The zero-order chi connectivity index (χ0) is 13.8. The van der Waals surface area contributed by atoms with E-state index >= 15 is 0 Å². The Labute approximate surface area is 120 Å². The molecule has 6 heteroatoms. The first-order valence-corrected chi connectivity index (χ1v) is 7.09. The molecule has 0 atom stereocenters. The molecule has 0 aromatic heterocycles. The Balaban J connectivity index is 2.13. The van der Waals surface area contributed by atoms with Gasteiger partial charge in [-0.2, -0.15) is 0 Å². The lowest BCUT2D eigenvalue weighted by atomic mass is 10.1. The van der Waals surface area contributed by atoms with Crippen LogP contribution in [0.3, 0.4) is 0 Å². The molecule has 1 aliphatic heterocycles. The average Bonchev–Trinajstić information content (AvgIpc) is 2.42. The molecule has 0 saturated carbocycles. The Hall–Kier alpha value is -0.850. The van der Waals surface area contributed by atoms with Gasteiger partial charge in [-0.1, -0.05) is 0 Å². The Kier molecular flexibility index (Phi) is 5.01. The maximum absolute atomic E-state index is 14.1. The minimum absolute atomic E-state index is 0.0360. The van der Waals surface area contributed by atoms with Gasteiger partial charge in [0, 0.05) is 44.4 Å². The van der Waals surface area contributed by atoms with Crippen molar-refractivity contribution < 1.29 is 14.2 Å². The van der Waals surface area contributed by atoms with E-state index in [9.17, 15) is 9.50 Å². The van der Waals surface area contributed by atoms with Crippen molar-refractivity contribution in [2.75, 3.05) is 39.8 Å². The van der Waals surface area contributed by atoms with E-state index in [4.69, 9.17) is 4.74 Å². The largest absolute Gasteiger partial charge is 0.504 e. The molecule has 4 nitrogen and oxygen atoms in total. The van der Waals surface area contributed by atoms with Crippen LogP contribution in [0.1, 0.15) is 5.56 Å². The van der Waals surface area contributed by atoms with Crippen molar-refractivity contribution >= 4 is 15.9 Å². The van der Waals surface area contributed by atoms with E-state index in [1.165, 1.54) is 13.2 Å². The van der Waals surface area contributed by atoms with Crippen LogP contribution in [0.5, 0.6) is 11.5 Å². The number of hydrogen-bond acceptors (Lipinski definition) is 4. The van der Waals surface area contributed by atoms with Crippen LogP contribution in [0.25, 0.3) is 0 Å². The fraction of sp³-hybridized carbons (Fsp3) is 0.538. The summed E-state index contributed by atoms with van der Waals surface area (Å²) in [5.41, 5.74) is 0.424. The highest BCUT2D eigenvalue weighted by Gasteiger charge is 2.19. The molecule has 0 amide bonds. The summed E-state index contributed by atoms with van der Waals surface area (Å²) in [6.07, 6.45) is 0.516. The van der Waals surface area contributed by atoms with E-state index in [0.717, 1.165) is 32.7 Å². The lowest BCUT2D eigenvalue weighted by molar-refractivity contribution is 0.241. The predicted octanol–water partition coefficient (Wildman–Crippen LogP) is 1.75. The average molecular weight is 333 g/mol. The van der Waals surface area contributed by atoms with Gasteiger partial charge in [0.1, 0.15) is 5.82 Å². The molecule has 19 heavy (non-hydrogen) atoms. The number of halogens is 2. The first-order valence-electron chi connectivity index (χ1n) is 6.30. The lowest BCUT2D eigenvalue weighted by Gasteiger charge is -2.27. The summed E-state index contributed by atoms with van der Waals surface area (Å²) < 4.78 is 19.5. The first kappa shape index (κ1) is 14.6. The first-order chi connectivity index (χ1) is 9.13. The second kappa shape index (κ2) is 6.54. The molecule has 1 aromatic rings. The summed E-state index contributed by atoms with van der Waals surface area (Å²) in [5, 5.41) is 13.1. The van der Waals surface area contributed by atoms with Crippen LogP contribution >= 0.6 is 15.9 Å². The van der Waals surface area contributed by atoms with Crippen LogP contribution in [0.15, 0.2) is 10.5 Å². The number of aromatic hydroxyl groups is 1. The maximum Gasteiger partial charge on any atom is 0.166 e. The molecule has 2 rings (SSSR count). The van der Waals surface area contributed by atoms with Crippen LogP contribution < -0.4 is 10.1 Å². The molecule has 1 heterocycles. The van der Waals surface area contributed by atoms with E-state index < -0.39 is 0 Å². The van der Waals surface area contributed by atoms with E-state index in [1.807, 2.05) is 0 Å². The van der Waals surface area contributed by atoms with Crippen molar-refractivity contribution in [3.63, 3.8) is 0 Å².